The molecule has 0 radical (unpaired) electrons. The van der Waals surface area contributed by atoms with Gasteiger partial charge < -0.3 is 14.6 Å². The van der Waals surface area contributed by atoms with E-state index >= 15 is 0 Å². The first-order valence-corrected chi connectivity index (χ1v) is 12.1. The molecule has 172 valence electrons. The lowest BCUT2D eigenvalue weighted by atomic mass is 9.87. The van der Waals surface area contributed by atoms with Gasteiger partial charge in [0, 0.05) is 25.1 Å². The van der Waals surface area contributed by atoms with Crippen molar-refractivity contribution in [3.8, 4) is 5.75 Å². The lowest BCUT2D eigenvalue weighted by Crippen LogP contribution is -2.33. The molecule has 33 heavy (non-hydrogen) atoms. The Morgan fingerprint density at radius 1 is 1.15 bits per heavy atom. The van der Waals surface area contributed by atoms with Gasteiger partial charge in [-0.25, -0.2) is 0 Å². The Hall–Kier alpha value is -3.06. The van der Waals surface area contributed by atoms with Crippen LogP contribution in [0, 0.1) is 12.8 Å². The number of amides is 1. The molecule has 1 aliphatic heterocycles. The fourth-order valence-corrected chi connectivity index (χ4v) is 4.96. The van der Waals surface area contributed by atoms with Gasteiger partial charge >= 0.3 is 0 Å². The number of carbonyl (C=O) groups is 1. The van der Waals surface area contributed by atoms with Gasteiger partial charge in [-0.3, -0.25) is 9.59 Å². The van der Waals surface area contributed by atoms with E-state index in [1.54, 1.807) is 0 Å². The summed E-state index contributed by atoms with van der Waals surface area (Å²) in [5, 5.41) is 3.49. The summed E-state index contributed by atoms with van der Waals surface area (Å²) in [7, 11) is 1.84. The number of aryl methyl sites for hydroxylation is 1. The van der Waals surface area contributed by atoms with Crippen LogP contribution in [0.25, 0.3) is 0 Å². The fraction of sp³-hybridized carbons (Fsp3) is 0.346. The topological polar surface area (TPSA) is 73.2 Å². The van der Waals surface area contributed by atoms with Crippen LogP contribution < -0.4 is 15.6 Å². The molecule has 0 saturated carbocycles. The van der Waals surface area contributed by atoms with Crippen LogP contribution in [0.15, 0.2) is 58.5 Å². The summed E-state index contributed by atoms with van der Waals surface area (Å²) in [5.41, 5.74) is 3.54. The van der Waals surface area contributed by atoms with Gasteiger partial charge in [-0.15, -0.1) is 0 Å². The van der Waals surface area contributed by atoms with Gasteiger partial charge in [0.1, 0.15) is 11.6 Å². The molecular formula is C26H29N3O3S. The molecule has 0 unspecified atom stereocenters. The Morgan fingerprint density at radius 3 is 2.58 bits per heavy atom. The molecule has 2 aromatic carbocycles. The zero-order valence-electron chi connectivity index (χ0n) is 19.4. The number of hydrogen-bond donors (Lipinski definition) is 1. The molecule has 2 heterocycles. The minimum atomic E-state index is -0.338. The zero-order chi connectivity index (χ0) is 23.5. The number of nitrogens with one attached hydrogen (secondary N) is 1. The number of aromatic nitrogens is 2. The summed E-state index contributed by atoms with van der Waals surface area (Å²) in [4.78, 5) is 30.1. The van der Waals surface area contributed by atoms with E-state index in [9.17, 15) is 9.59 Å². The number of fused-ring (bicyclic) bond motifs is 1. The van der Waals surface area contributed by atoms with Crippen LogP contribution in [-0.2, 0) is 17.6 Å². The van der Waals surface area contributed by atoms with Crippen molar-refractivity contribution in [1.29, 1.82) is 0 Å². The lowest BCUT2D eigenvalue weighted by molar-refractivity contribution is -0.116. The second-order valence-corrected chi connectivity index (χ2v) is 9.76. The highest BCUT2D eigenvalue weighted by Crippen LogP contribution is 2.36. The molecule has 6 nitrogen and oxygen atoms in total. The first-order chi connectivity index (χ1) is 15.8. The zero-order valence-corrected chi connectivity index (χ0v) is 20.2. The molecule has 3 aromatic rings. The van der Waals surface area contributed by atoms with Crippen molar-refractivity contribution in [1.82, 2.24) is 9.55 Å². The molecular weight excluding hydrogens is 434 g/mol. The van der Waals surface area contributed by atoms with Crippen molar-refractivity contribution < 1.29 is 9.53 Å². The summed E-state index contributed by atoms with van der Waals surface area (Å²) < 4.78 is 7.59. The molecule has 1 N–H and O–H groups in total. The molecule has 1 atom stereocenters. The Bertz CT molecular complexity index is 1220. The molecule has 0 spiro atoms. The maximum atomic E-state index is 13.1. The molecule has 0 bridgehead atoms. The second kappa shape index (κ2) is 9.83. The summed E-state index contributed by atoms with van der Waals surface area (Å²) in [5.74, 6) is 2.00. The van der Waals surface area contributed by atoms with Crippen molar-refractivity contribution in [3.63, 3.8) is 0 Å². The quantitative estimate of drug-likeness (QED) is 0.399. The van der Waals surface area contributed by atoms with E-state index < -0.39 is 0 Å². The highest BCUT2D eigenvalue weighted by Gasteiger charge is 2.32. The number of hydrogen-bond acceptors (Lipinski definition) is 5. The first-order valence-electron chi connectivity index (χ1n) is 11.1. The minimum Gasteiger partial charge on any atom is -0.493 e. The van der Waals surface area contributed by atoms with Crippen molar-refractivity contribution in [2.24, 2.45) is 13.0 Å². The Morgan fingerprint density at radius 2 is 1.88 bits per heavy atom. The Labute approximate surface area is 198 Å². The standard InChI is InChI=1S/C26H29N3O3S/c1-16(2)14-32-20-11-9-18(10-12-20)21-13-22(30)27-24-23(21)25(31)28-26(29(24)4)33-15-19-8-6-5-7-17(19)3/h5-12,16,21H,13-15H2,1-4H3,(H,27,30)/t21-/m0/s1. The molecule has 4 rings (SSSR count). The van der Waals surface area contributed by atoms with Gasteiger partial charge in [-0.1, -0.05) is 62.0 Å². The number of carbonyl (C=O) groups excluding carboxylic acids is 1. The molecule has 7 heteroatoms. The maximum absolute atomic E-state index is 13.1. The average Bonchev–Trinajstić information content (AvgIpc) is 2.79. The number of nitrogens with zero attached hydrogens (tertiary/aromatic N) is 2. The first kappa shape index (κ1) is 23.1. The SMILES string of the molecule is Cc1ccccc1CSc1nc(=O)c2c(n1C)NC(=O)C[C@H]2c1ccc(OCC(C)C)cc1. The molecule has 0 aliphatic carbocycles. The van der Waals surface area contributed by atoms with E-state index in [1.165, 1.54) is 22.9 Å². The summed E-state index contributed by atoms with van der Waals surface area (Å²) in [6.45, 7) is 6.91. The van der Waals surface area contributed by atoms with Crippen molar-refractivity contribution >= 4 is 23.5 Å². The lowest BCUT2D eigenvalue weighted by Gasteiger charge is -2.27. The smallest absolute Gasteiger partial charge is 0.279 e. The number of thioether (sulfide) groups is 1. The highest BCUT2D eigenvalue weighted by molar-refractivity contribution is 7.98. The van der Waals surface area contributed by atoms with Crippen LogP contribution >= 0.6 is 11.8 Å². The van der Waals surface area contributed by atoms with Gasteiger partial charge in [0.2, 0.25) is 5.91 Å². The highest BCUT2D eigenvalue weighted by atomic mass is 32.2. The van der Waals surface area contributed by atoms with Crippen molar-refractivity contribution in [2.45, 2.75) is 44.0 Å². The molecule has 1 amide bonds. The predicted octanol–water partition coefficient (Wildman–Crippen LogP) is 4.89. The third-order valence-electron chi connectivity index (χ3n) is 5.78. The van der Waals surface area contributed by atoms with Crippen molar-refractivity contribution in [2.75, 3.05) is 11.9 Å². The summed E-state index contributed by atoms with van der Waals surface area (Å²) in [6, 6.07) is 15.8. The molecule has 0 saturated heterocycles. The number of ether oxygens (including phenoxy) is 1. The largest absolute Gasteiger partial charge is 0.493 e. The van der Waals surface area contributed by atoms with Gasteiger partial charge in [-0.05, 0) is 41.7 Å². The number of benzene rings is 2. The van der Waals surface area contributed by atoms with E-state index in [4.69, 9.17) is 4.74 Å². The second-order valence-electron chi connectivity index (χ2n) is 8.81. The molecule has 0 fully saturated rings. The maximum Gasteiger partial charge on any atom is 0.279 e. The van der Waals surface area contributed by atoms with Crippen molar-refractivity contribution in [3.05, 3.63) is 81.1 Å². The normalized spacial score (nSPS) is 15.3. The van der Waals surface area contributed by atoms with Gasteiger partial charge in [0.15, 0.2) is 5.16 Å². The minimum absolute atomic E-state index is 0.108. The van der Waals surface area contributed by atoms with Crippen LogP contribution in [0.4, 0.5) is 5.82 Å². The Balaban J connectivity index is 1.63. The monoisotopic (exact) mass is 463 g/mol. The van der Waals surface area contributed by atoms with E-state index in [1.807, 2.05) is 48.0 Å². The fourth-order valence-electron chi connectivity index (χ4n) is 3.92. The summed E-state index contributed by atoms with van der Waals surface area (Å²) >= 11 is 1.49. The van der Waals surface area contributed by atoms with E-state index in [0.29, 0.717) is 34.8 Å². The number of anilines is 1. The molecule has 1 aromatic heterocycles. The molecule has 1 aliphatic rings. The third kappa shape index (κ3) is 5.14. The number of rotatable bonds is 7. The van der Waals surface area contributed by atoms with E-state index in [2.05, 4.69) is 43.2 Å². The van der Waals surface area contributed by atoms with E-state index in [-0.39, 0.29) is 23.8 Å². The van der Waals surface area contributed by atoms with Crippen LogP contribution in [0.3, 0.4) is 0 Å². The van der Waals surface area contributed by atoms with E-state index in [0.717, 1.165) is 11.3 Å². The average molecular weight is 464 g/mol. The summed E-state index contributed by atoms with van der Waals surface area (Å²) in [6.07, 6.45) is 0.214. The third-order valence-corrected chi connectivity index (χ3v) is 6.86. The van der Waals surface area contributed by atoms with Crippen LogP contribution in [0.2, 0.25) is 0 Å². The predicted molar refractivity (Wildman–Crippen MR) is 132 cm³/mol. The van der Waals surface area contributed by atoms with Crippen LogP contribution in [0.1, 0.15) is 48.4 Å². The van der Waals surface area contributed by atoms with Crippen LogP contribution in [-0.4, -0.2) is 22.1 Å². The van der Waals surface area contributed by atoms with Crippen LogP contribution in [0.5, 0.6) is 5.75 Å². The Kier molecular flexibility index (Phi) is 6.88. The van der Waals surface area contributed by atoms with Gasteiger partial charge in [0.25, 0.3) is 5.56 Å². The van der Waals surface area contributed by atoms with Gasteiger partial charge in [-0.2, -0.15) is 4.98 Å². The van der Waals surface area contributed by atoms with Gasteiger partial charge in [0.05, 0.1) is 12.2 Å².